The van der Waals surface area contributed by atoms with Crippen molar-refractivity contribution in [1.82, 2.24) is 4.90 Å². The van der Waals surface area contributed by atoms with E-state index in [1.54, 1.807) is 4.90 Å². The van der Waals surface area contributed by atoms with Gasteiger partial charge in [0.25, 0.3) is 0 Å². The lowest BCUT2D eigenvalue weighted by molar-refractivity contribution is -0.157. The van der Waals surface area contributed by atoms with Crippen molar-refractivity contribution >= 4 is 6.09 Å². The Morgan fingerprint density at radius 2 is 2.17 bits per heavy atom. The molecule has 18 heavy (non-hydrogen) atoms. The molecule has 1 N–H and O–H groups in total. The van der Waals surface area contributed by atoms with Crippen molar-refractivity contribution in [3.8, 4) is 0 Å². The highest BCUT2D eigenvalue weighted by Crippen LogP contribution is 2.67. The van der Waals surface area contributed by atoms with Gasteiger partial charge in [-0.2, -0.15) is 0 Å². The zero-order valence-corrected chi connectivity index (χ0v) is 11.2. The first-order valence-corrected chi connectivity index (χ1v) is 6.55. The second-order valence-electron chi connectivity index (χ2n) is 6.86. The maximum Gasteiger partial charge on any atom is 0.410 e. The van der Waals surface area contributed by atoms with E-state index in [1.165, 1.54) is 0 Å². The van der Waals surface area contributed by atoms with Crippen LogP contribution in [-0.4, -0.2) is 53.6 Å². The van der Waals surface area contributed by atoms with Gasteiger partial charge < -0.3 is 19.5 Å². The van der Waals surface area contributed by atoms with E-state index >= 15 is 0 Å². The SMILES string of the molecule is CC(C)(C)OC(=O)N1CC2(C1)OCC1CC12CO. The Labute approximate surface area is 107 Å². The van der Waals surface area contributed by atoms with Crippen LogP contribution in [0.25, 0.3) is 0 Å². The molecule has 3 rings (SSSR count). The van der Waals surface area contributed by atoms with Crippen molar-refractivity contribution in [1.29, 1.82) is 0 Å². The van der Waals surface area contributed by atoms with Gasteiger partial charge in [-0.05, 0) is 33.1 Å². The van der Waals surface area contributed by atoms with Crippen LogP contribution in [0, 0.1) is 11.3 Å². The van der Waals surface area contributed by atoms with Crippen LogP contribution in [0.2, 0.25) is 0 Å². The Morgan fingerprint density at radius 3 is 2.67 bits per heavy atom. The van der Waals surface area contributed by atoms with Crippen LogP contribution in [0.5, 0.6) is 0 Å². The summed E-state index contributed by atoms with van der Waals surface area (Å²) in [5, 5.41) is 9.56. The molecule has 1 saturated carbocycles. The number of ether oxygens (including phenoxy) is 2. The molecule has 0 aromatic carbocycles. The van der Waals surface area contributed by atoms with E-state index in [-0.39, 0.29) is 23.7 Å². The summed E-state index contributed by atoms with van der Waals surface area (Å²) in [6.45, 7) is 7.58. The minimum absolute atomic E-state index is 0.0779. The molecule has 1 spiro atoms. The van der Waals surface area contributed by atoms with Crippen LogP contribution in [0.4, 0.5) is 4.79 Å². The van der Waals surface area contributed by atoms with Gasteiger partial charge >= 0.3 is 6.09 Å². The molecule has 0 bridgehead atoms. The van der Waals surface area contributed by atoms with Gasteiger partial charge in [-0.1, -0.05) is 0 Å². The number of hydrogen-bond donors (Lipinski definition) is 1. The molecular weight excluding hydrogens is 234 g/mol. The topological polar surface area (TPSA) is 59.0 Å². The summed E-state index contributed by atoms with van der Waals surface area (Å²) in [7, 11) is 0. The minimum Gasteiger partial charge on any atom is -0.444 e. The van der Waals surface area contributed by atoms with Crippen LogP contribution in [0.3, 0.4) is 0 Å². The summed E-state index contributed by atoms with van der Waals surface area (Å²) in [5.74, 6) is 0.489. The molecule has 0 aromatic rings. The lowest BCUT2D eigenvalue weighted by Crippen LogP contribution is -2.68. The Bertz CT molecular complexity index is 379. The Balaban J connectivity index is 1.62. The second kappa shape index (κ2) is 3.39. The molecule has 2 unspecified atom stereocenters. The molecule has 1 aliphatic carbocycles. The normalized spacial score (nSPS) is 36.2. The van der Waals surface area contributed by atoms with Crippen molar-refractivity contribution in [3.05, 3.63) is 0 Å². The summed E-state index contributed by atoms with van der Waals surface area (Å²) in [5.41, 5.74) is -0.845. The number of fused-ring (bicyclic) bond motifs is 2. The molecule has 5 nitrogen and oxygen atoms in total. The summed E-state index contributed by atoms with van der Waals surface area (Å²) < 4.78 is 11.2. The zero-order valence-electron chi connectivity index (χ0n) is 11.2. The first kappa shape index (κ1) is 12.2. The third-order valence-electron chi connectivity index (χ3n) is 4.53. The van der Waals surface area contributed by atoms with Crippen LogP contribution in [0.15, 0.2) is 0 Å². The third-order valence-corrected chi connectivity index (χ3v) is 4.53. The predicted octanol–water partition coefficient (Wildman–Crippen LogP) is 1.00. The molecule has 2 saturated heterocycles. The highest BCUT2D eigenvalue weighted by Gasteiger charge is 2.75. The van der Waals surface area contributed by atoms with Crippen LogP contribution >= 0.6 is 0 Å². The zero-order chi connectivity index (χ0) is 13.2. The Kier molecular flexibility index (Phi) is 2.31. The molecule has 0 radical (unpaired) electrons. The molecule has 102 valence electrons. The number of likely N-dealkylation sites (tertiary alicyclic amines) is 1. The van der Waals surface area contributed by atoms with Gasteiger partial charge in [0, 0.05) is 5.41 Å². The van der Waals surface area contributed by atoms with Crippen molar-refractivity contribution in [2.75, 3.05) is 26.3 Å². The van der Waals surface area contributed by atoms with Gasteiger partial charge in [0.05, 0.1) is 26.3 Å². The van der Waals surface area contributed by atoms with Crippen molar-refractivity contribution < 1.29 is 19.4 Å². The molecule has 3 aliphatic rings. The number of hydrogen-bond acceptors (Lipinski definition) is 4. The summed E-state index contributed by atoms with van der Waals surface area (Å²) in [6, 6.07) is 0. The largest absolute Gasteiger partial charge is 0.444 e. The summed E-state index contributed by atoms with van der Waals surface area (Å²) >= 11 is 0. The van der Waals surface area contributed by atoms with E-state index in [2.05, 4.69) is 0 Å². The number of carbonyl (C=O) groups is 1. The minimum atomic E-state index is -0.465. The molecule has 3 fully saturated rings. The number of aliphatic hydroxyl groups excluding tert-OH is 1. The number of amides is 1. The third kappa shape index (κ3) is 1.50. The van der Waals surface area contributed by atoms with Crippen molar-refractivity contribution in [2.45, 2.75) is 38.4 Å². The lowest BCUT2D eigenvalue weighted by atomic mass is 9.78. The molecule has 5 heteroatoms. The maximum absolute atomic E-state index is 11.9. The maximum atomic E-state index is 11.9. The van der Waals surface area contributed by atoms with Gasteiger partial charge in [0.1, 0.15) is 11.2 Å². The van der Waals surface area contributed by atoms with Gasteiger partial charge in [-0.15, -0.1) is 0 Å². The smallest absolute Gasteiger partial charge is 0.410 e. The standard InChI is InChI=1S/C13H21NO4/c1-11(2,3)18-10(16)14-6-13(7-14)12(8-15)4-9(12)5-17-13/h9,15H,4-8H2,1-3H3. The highest BCUT2D eigenvalue weighted by atomic mass is 16.6. The van der Waals surface area contributed by atoms with E-state index < -0.39 is 5.60 Å². The van der Waals surface area contributed by atoms with Gasteiger partial charge in [0.2, 0.25) is 0 Å². The fourth-order valence-corrected chi connectivity index (χ4v) is 3.33. The molecule has 2 heterocycles. The van der Waals surface area contributed by atoms with E-state index in [0.29, 0.717) is 19.0 Å². The van der Waals surface area contributed by atoms with Crippen LogP contribution in [-0.2, 0) is 9.47 Å². The number of rotatable bonds is 1. The quantitative estimate of drug-likeness (QED) is 0.759. The first-order valence-electron chi connectivity index (χ1n) is 6.55. The molecule has 0 aromatic heterocycles. The molecule has 2 atom stereocenters. The van der Waals surface area contributed by atoms with Crippen LogP contribution < -0.4 is 0 Å². The molecular formula is C13H21NO4. The van der Waals surface area contributed by atoms with E-state index in [9.17, 15) is 9.90 Å². The number of carbonyl (C=O) groups excluding carboxylic acids is 1. The highest BCUT2D eigenvalue weighted by molar-refractivity contribution is 5.70. The number of nitrogens with zero attached hydrogens (tertiary/aromatic N) is 1. The monoisotopic (exact) mass is 255 g/mol. The van der Waals surface area contributed by atoms with Gasteiger partial charge in [-0.25, -0.2) is 4.79 Å². The summed E-state index contributed by atoms with van der Waals surface area (Å²) in [6.07, 6.45) is 0.750. The Morgan fingerprint density at radius 1 is 1.50 bits per heavy atom. The molecule has 1 amide bonds. The number of aliphatic hydroxyl groups is 1. The molecule has 2 aliphatic heterocycles. The fraction of sp³-hybridized carbons (Fsp3) is 0.923. The second-order valence-corrected chi connectivity index (χ2v) is 6.86. The van der Waals surface area contributed by atoms with Gasteiger partial charge in [-0.3, -0.25) is 0 Å². The average molecular weight is 255 g/mol. The fourth-order valence-electron chi connectivity index (χ4n) is 3.33. The average Bonchev–Trinajstić information content (AvgIpc) is 2.82. The predicted molar refractivity (Wildman–Crippen MR) is 64.1 cm³/mol. The van der Waals surface area contributed by atoms with Crippen molar-refractivity contribution in [2.24, 2.45) is 11.3 Å². The first-order chi connectivity index (χ1) is 8.32. The van der Waals surface area contributed by atoms with Gasteiger partial charge in [0.15, 0.2) is 0 Å². The van der Waals surface area contributed by atoms with Crippen molar-refractivity contribution in [3.63, 3.8) is 0 Å². The van der Waals surface area contributed by atoms with E-state index in [4.69, 9.17) is 9.47 Å². The van der Waals surface area contributed by atoms with Crippen LogP contribution in [0.1, 0.15) is 27.2 Å². The summed E-state index contributed by atoms with van der Waals surface area (Å²) in [4.78, 5) is 13.5. The van der Waals surface area contributed by atoms with E-state index in [1.807, 2.05) is 20.8 Å². The lowest BCUT2D eigenvalue weighted by Gasteiger charge is -2.51. The van der Waals surface area contributed by atoms with E-state index in [0.717, 1.165) is 13.0 Å². The Hall–Kier alpha value is -0.810.